The Bertz CT molecular complexity index is 481. The molecule has 0 spiro atoms. The van der Waals surface area contributed by atoms with Gasteiger partial charge in [-0.2, -0.15) is 0 Å². The number of alkyl halides is 4. The summed E-state index contributed by atoms with van der Waals surface area (Å²) in [5.74, 6) is 0.815. The molecular weight excluding hydrogens is 357 g/mol. The zero-order chi connectivity index (χ0) is 13.1. The molecule has 18 heavy (non-hydrogen) atoms. The molecule has 2 saturated carbocycles. The normalized spacial score (nSPS) is 58.8. The van der Waals surface area contributed by atoms with Gasteiger partial charge in [-0.05, 0) is 30.1 Å². The van der Waals surface area contributed by atoms with Crippen molar-refractivity contribution >= 4 is 69.6 Å². The van der Waals surface area contributed by atoms with Gasteiger partial charge in [0.25, 0.3) is 0 Å². The number of rotatable bonds is 0. The zero-order valence-electron chi connectivity index (χ0n) is 8.94. The van der Waals surface area contributed by atoms with Crippen LogP contribution in [0.1, 0.15) is 6.42 Å². The van der Waals surface area contributed by atoms with E-state index in [1.807, 2.05) is 0 Å². The Morgan fingerprint density at radius 1 is 0.833 bits per heavy atom. The molecule has 0 heterocycles. The second kappa shape index (κ2) is 3.34. The highest BCUT2D eigenvalue weighted by Gasteiger charge is 2.85. The van der Waals surface area contributed by atoms with Crippen LogP contribution < -0.4 is 0 Å². The van der Waals surface area contributed by atoms with Gasteiger partial charge in [-0.25, -0.2) is 0 Å². The van der Waals surface area contributed by atoms with E-state index in [9.17, 15) is 0 Å². The van der Waals surface area contributed by atoms with Crippen molar-refractivity contribution in [3.8, 4) is 0 Å². The molecule has 98 valence electrons. The monoisotopic (exact) mass is 362 g/mol. The molecule has 0 N–H and O–H groups in total. The molecule has 0 saturated heterocycles. The lowest BCUT2D eigenvalue weighted by atomic mass is 9.75. The topological polar surface area (TPSA) is 0 Å². The molecule has 0 nitrogen and oxygen atoms in total. The van der Waals surface area contributed by atoms with Gasteiger partial charge in [0.1, 0.15) is 9.75 Å². The molecule has 0 amide bonds. The molecule has 0 aromatic carbocycles. The molecule has 4 rings (SSSR count). The van der Waals surface area contributed by atoms with Gasteiger partial charge < -0.3 is 0 Å². The molecule has 0 radical (unpaired) electrons. The predicted octanol–water partition coefficient (Wildman–Crippen LogP) is 5.27. The van der Waals surface area contributed by atoms with Crippen LogP contribution in [0.15, 0.2) is 22.2 Å². The lowest BCUT2D eigenvalue weighted by molar-refractivity contribution is 0.305. The molecule has 0 aromatic rings. The Labute approximate surface area is 135 Å². The average Bonchev–Trinajstić information content (AvgIpc) is 2.97. The van der Waals surface area contributed by atoms with E-state index in [0.29, 0.717) is 21.9 Å². The van der Waals surface area contributed by atoms with Crippen molar-refractivity contribution in [1.29, 1.82) is 0 Å². The molecule has 2 fully saturated rings. The highest BCUT2D eigenvalue weighted by molar-refractivity contribution is 6.65. The van der Waals surface area contributed by atoms with E-state index in [2.05, 4.69) is 12.2 Å². The fraction of sp³-hybridized carbons (Fsp3) is 0.667. The summed E-state index contributed by atoms with van der Waals surface area (Å²) in [5.41, 5.74) is 0. The van der Waals surface area contributed by atoms with Crippen LogP contribution in [0.2, 0.25) is 0 Å². The maximum Gasteiger partial charge on any atom is 0.166 e. The minimum absolute atomic E-state index is 0.0664. The third kappa shape index (κ3) is 0.973. The number of allylic oxidation sites excluding steroid dienone is 4. The van der Waals surface area contributed by atoms with Crippen molar-refractivity contribution in [2.45, 2.75) is 20.5 Å². The lowest BCUT2D eigenvalue weighted by Gasteiger charge is -2.37. The van der Waals surface area contributed by atoms with Crippen molar-refractivity contribution in [1.82, 2.24) is 0 Å². The van der Waals surface area contributed by atoms with Gasteiger partial charge in [0, 0.05) is 0 Å². The van der Waals surface area contributed by atoms with Crippen molar-refractivity contribution in [2.24, 2.45) is 23.7 Å². The van der Waals surface area contributed by atoms with E-state index in [-0.39, 0.29) is 11.8 Å². The first-order valence-corrected chi connectivity index (χ1v) is 8.05. The summed E-state index contributed by atoms with van der Waals surface area (Å²) in [7, 11) is 0. The quantitative estimate of drug-likeness (QED) is 0.312. The Hall–Kier alpha value is 1.22. The molecular formula is C12H8Cl6. The highest BCUT2D eigenvalue weighted by atomic mass is 35.5. The van der Waals surface area contributed by atoms with Crippen LogP contribution in [0, 0.1) is 23.7 Å². The first-order valence-electron chi connectivity index (χ1n) is 5.78. The van der Waals surface area contributed by atoms with Gasteiger partial charge >= 0.3 is 0 Å². The summed E-state index contributed by atoms with van der Waals surface area (Å²) in [5, 5.41) is 0.654. The van der Waals surface area contributed by atoms with Crippen molar-refractivity contribution in [3.63, 3.8) is 0 Å². The van der Waals surface area contributed by atoms with Crippen LogP contribution in [0.25, 0.3) is 0 Å². The smallest absolute Gasteiger partial charge is 0.109 e. The van der Waals surface area contributed by atoms with E-state index in [1.165, 1.54) is 0 Å². The molecule has 4 aliphatic carbocycles. The van der Waals surface area contributed by atoms with Crippen LogP contribution in [-0.2, 0) is 0 Å². The molecule has 0 aromatic heterocycles. The van der Waals surface area contributed by atoms with Crippen LogP contribution in [-0.4, -0.2) is 14.1 Å². The minimum atomic E-state index is -1.37. The molecule has 4 bridgehead atoms. The molecule has 4 aliphatic rings. The number of hydrogen-bond donors (Lipinski definition) is 0. The van der Waals surface area contributed by atoms with Gasteiger partial charge in [-0.15, -0.1) is 23.2 Å². The van der Waals surface area contributed by atoms with Crippen molar-refractivity contribution < 1.29 is 0 Å². The van der Waals surface area contributed by atoms with E-state index in [0.717, 1.165) is 6.42 Å². The van der Waals surface area contributed by atoms with Gasteiger partial charge in [0.2, 0.25) is 0 Å². The summed E-state index contributed by atoms with van der Waals surface area (Å²) in [6, 6.07) is 0. The first kappa shape index (κ1) is 12.9. The third-order valence-electron chi connectivity index (χ3n) is 5.12. The van der Waals surface area contributed by atoms with Crippen LogP contribution >= 0.6 is 69.6 Å². The zero-order valence-corrected chi connectivity index (χ0v) is 13.5. The predicted molar refractivity (Wildman–Crippen MR) is 78.1 cm³/mol. The van der Waals surface area contributed by atoms with Crippen LogP contribution in [0.5, 0.6) is 0 Å². The molecule has 2 unspecified atom stereocenters. The fourth-order valence-electron chi connectivity index (χ4n) is 4.48. The van der Waals surface area contributed by atoms with E-state index in [4.69, 9.17) is 69.6 Å². The summed E-state index contributed by atoms with van der Waals surface area (Å²) in [4.78, 5) is -2.13. The van der Waals surface area contributed by atoms with E-state index < -0.39 is 14.1 Å². The molecule has 6 atom stereocenters. The molecule has 0 aliphatic heterocycles. The van der Waals surface area contributed by atoms with Gasteiger partial charge in [-0.3, -0.25) is 0 Å². The second-order valence-electron chi connectivity index (χ2n) is 5.63. The maximum absolute atomic E-state index is 6.76. The molecule has 6 heteroatoms. The Morgan fingerprint density at radius 2 is 1.22 bits per heavy atom. The van der Waals surface area contributed by atoms with Gasteiger partial charge in [-0.1, -0.05) is 58.6 Å². The summed E-state index contributed by atoms with van der Waals surface area (Å²) < 4.78 is -1.37. The number of halogens is 6. The second-order valence-corrected chi connectivity index (χ2v) is 8.90. The third-order valence-corrected chi connectivity index (χ3v) is 9.42. The number of fused-ring (bicyclic) bond motifs is 9. The summed E-state index contributed by atoms with van der Waals surface area (Å²) in [6.45, 7) is 0. The lowest BCUT2D eigenvalue weighted by Crippen LogP contribution is -2.46. The van der Waals surface area contributed by atoms with E-state index >= 15 is 0 Å². The summed E-state index contributed by atoms with van der Waals surface area (Å²) in [6.07, 6.45) is 5.40. The van der Waals surface area contributed by atoms with Crippen LogP contribution in [0.3, 0.4) is 0 Å². The first-order chi connectivity index (χ1) is 8.28. The Balaban J connectivity index is 2.03. The van der Waals surface area contributed by atoms with Crippen LogP contribution in [0.4, 0.5) is 0 Å². The Kier molecular flexibility index (Phi) is 2.40. The highest BCUT2D eigenvalue weighted by Crippen LogP contribution is 2.81. The standard InChI is InChI=1S/C12H8Cl6/c13-8-9(14)11(16)7-5-2-1-4(3-5)6(7)10(8,15)12(11,17)18/h1-2,4-7H,3H2/t4-,5+,6?,7?,10+,11-. The van der Waals surface area contributed by atoms with Gasteiger partial charge in [0.15, 0.2) is 4.33 Å². The van der Waals surface area contributed by atoms with Gasteiger partial charge in [0.05, 0.1) is 10.1 Å². The largest absolute Gasteiger partial charge is 0.166 e. The minimum Gasteiger partial charge on any atom is -0.109 e. The Morgan fingerprint density at radius 3 is 1.61 bits per heavy atom. The summed E-state index contributed by atoms with van der Waals surface area (Å²) >= 11 is 39.2. The van der Waals surface area contributed by atoms with Crippen molar-refractivity contribution in [3.05, 3.63) is 22.2 Å². The van der Waals surface area contributed by atoms with E-state index in [1.54, 1.807) is 0 Å². The SMILES string of the molecule is ClC1=C(Cl)[C@]2(Cl)C3C([C@@H]4C=C[C@H]3C4)[C@@]1(Cl)C2(Cl)Cl. The van der Waals surface area contributed by atoms with Crippen molar-refractivity contribution in [2.75, 3.05) is 0 Å². The fourth-order valence-corrected chi connectivity index (χ4v) is 7.61. The number of hydrogen-bond acceptors (Lipinski definition) is 0. The average molecular weight is 365 g/mol. The maximum atomic E-state index is 6.76.